The van der Waals surface area contributed by atoms with Crippen LogP contribution in [-0.4, -0.2) is 36.2 Å². The number of carbonyl (C=O) groups is 2. The summed E-state index contributed by atoms with van der Waals surface area (Å²) in [6, 6.07) is 4.25. The summed E-state index contributed by atoms with van der Waals surface area (Å²) < 4.78 is 28.2. The summed E-state index contributed by atoms with van der Waals surface area (Å²) in [5.74, 6) is -1.71. The van der Waals surface area contributed by atoms with Crippen molar-refractivity contribution in [3.05, 3.63) is 36.9 Å². The zero-order chi connectivity index (χ0) is 16.5. The Morgan fingerprint density at radius 3 is 2.45 bits per heavy atom. The van der Waals surface area contributed by atoms with E-state index in [1.807, 2.05) is 0 Å². The second kappa shape index (κ2) is 8.73. The molecule has 0 saturated carbocycles. The number of amides is 1. The Balaban J connectivity index is 2.56. The van der Waals surface area contributed by atoms with Crippen molar-refractivity contribution in [3.63, 3.8) is 0 Å². The quantitative estimate of drug-likeness (QED) is 0.605. The average molecular weight is 314 g/mol. The van der Waals surface area contributed by atoms with Crippen molar-refractivity contribution in [3.8, 4) is 5.75 Å². The van der Waals surface area contributed by atoms with Gasteiger partial charge in [-0.05, 0) is 24.3 Å². The van der Waals surface area contributed by atoms with Gasteiger partial charge in [-0.2, -0.15) is 8.78 Å². The van der Waals surface area contributed by atoms with Crippen molar-refractivity contribution in [2.24, 2.45) is 0 Å². The van der Waals surface area contributed by atoms with Gasteiger partial charge < -0.3 is 20.5 Å². The van der Waals surface area contributed by atoms with Crippen molar-refractivity contribution < 1.29 is 28.2 Å². The zero-order valence-electron chi connectivity index (χ0n) is 11.6. The molecule has 0 bridgehead atoms. The fourth-order valence-electron chi connectivity index (χ4n) is 1.59. The fraction of sp³-hybridized carbons (Fsp3) is 0.286. The number of ether oxygens (including phenoxy) is 1. The van der Waals surface area contributed by atoms with Crippen LogP contribution in [0.3, 0.4) is 0 Å². The highest BCUT2D eigenvalue weighted by Gasteiger charge is 2.20. The molecule has 0 spiro atoms. The number of benzene rings is 1. The topological polar surface area (TPSA) is 87.7 Å². The fourth-order valence-corrected chi connectivity index (χ4v) is 1.59. The first kappa shape index (κ1) is 17.6. The van der Waals surface area contributed by atoms with Gasteiger partial charge in [-0.25, -0.2) is 0 Å². The first-order valence-electron chi connectivity index (χ1n) is 6.34. The molecular formula is C14H16F2N2O4. The highest BCUT2D eigenvalue weighted by molar-refractivity contribution is 5.94. The second-order valence-corrected chi connectivity index (χ2v) is 4.24. The molecule has 0 saturated heterocycles. The van der Waals surface area contributed by atoms with E-state index in [1.165, 1.54) is 30.3 Å². The Kier molecular flexibility index (Phi) is 6.97. The molecule has 1 atom stereocenters. The van der Waals surface area contributed by atoms with Crippen LogP contribution < -0.4 is 15.4 Å². The van der Waals surface area contributed by atoms with E-state index in [0.29, 0.717) is 5.69 Å². The second-order valence-electron chi connectivity index (χ2n) is 4.24. The Hall–Kier alpha value is -2.48. The predicted molar refractivity (Wildman–Crippen MR) is 75.9 cm³/mol. The number of carbonyl (C=O) groups excluding carboxylic acids is 1. The summed E-state index contributed by atoms with van der Waals surface area (Å²) in [7, 11) is 0. The standard InChI is InChI=1S/C14H16F2N2O4/c1-2-7-17-11(13(20)21)8-12(19)18-9-3-5-10(6-4-9)22-14(15)16/h2-6,11,14,17H,1,7-8H2,(H,18,19)(H,20,21). The van der Waals surface area contributed by atoms with Crippen LogP contribution in [0.1, 0.15) is 6.42 Å². The van der Waals surface area contributed by atoms with E-state index in [0.717, 1.165) is 0 Å². The van der Waals surface area contributed by atoms with Gasteiger partial charge in [-0.15, -0.1) is 6.58 Å². The van der Waals surface area contributed by atoms with Crippen molar-refractivity contribution in [1.29, 1.82) is 0 Å². The van der Waals surface area contributed by atoms with Crippen LogP contribution in [0.25, 0.3) is 0 Å². The monoisotopic (exact) mass is 314 g/mol. The van der Waals surface area contributed by atoms with E-state index in [9.17, 15) is 18.4 Å². The lowest BCUT2D eigenvalue weighted by atomic mass is 10.2. The Morgan fingerprint density at radius 2 is 1.95 bits per heavy atom. The van der Waals surface area contributed by atoms with Crippen LogP contribution in [0.2, 0.25) is 0 Å². The molecule has 1 aromatic carbocycles. The number of anilines is 1. The number of nitrogens with one attached hydrogen (secondary N) is 2. The summed E-state index contributed by atoms with van der Waals surface area (Å²) in [4.78, 5) is 22.7. The van der Waals surface area contributed by atoms with Crippen LogP contribution in [0.15, 0.2) is 36.9 Å². The summed E-state index contributed by atoms with van der Waals surface area (Å²) in [5.41, 5.74) is 0.347. The van der Waals surface area contributed by atoms with Gasteiger partial charge in [0.05, 0.1) is 6.42 Å². The molecule has 0 radical (unpaired) electrons. The maximum Gasteiger partial charge on any atom is 0.387 e. The maximum absolute atomic E-state index is 12.0. The van der Waals surface area contributed by atoms with E-state index < -0.39 is 24.5 Å². The third kappa shape index (κ3) is 6.31. The van der Waals surface area contributed by atoms with Gasteiger partial charge in [0.2, 0.25) is 5.91 Å². The summed E-state index contributed by atoms with van der Waals surface area (Å²) in [6.07, 6.45) is 1.20. The lowest BCUT2D eigenvalue weighted by Crippen LogP contribution is -2.39. The van der Waals surface area contributed by atoms with Gasteiger partial charge in [-0.1, -0.05) is 6.08 Å². The van der Waals surface area contributed by atoms with E-state index in [2.05, 4.69) is 21.9 Å². The van der Waals surface area contributed by atoms with Gasteiger partial charge in [0.25, 0.3) is 0 Å². The molecule has 1 rings (SSSR count). The number of carboxylic acids is 1. The van der Waals surface area contributed by atoms with Gasteiger partial charge in [0, 0.05) is 12.2 Å². The predicted octanol–water partition coefficient (Wildman–Crippen LogP) is 1.85. The van der Waals surface area contributed by atoms with Crippen LogP contribution in [0, 0.1) is 0 Å². The molecule has 1 aromatic rings. The van der Waals surface area contributed by atoms with Crippen molar-refractivity contribution in [2.45, 2.75) is 19.1 Å². The number of alkyl halides is 2. The minimum absolute atomic E-state index is 0.0379. The van der Waals surface area contributed by atoms with Crippen LogP contribution in [-0.2, 0) is 9.59 Å². The minimum atomic E-state index is -2.92. The van der Waals surface area contributed by atoms with E-state index in [4.69, 9.17) is 5.11 Å². The van der Waals surface area contributed by atoms with Gasteiger partial charge in [-0.3, -0.25) is 9.59 Å². The van der Waals surface area contributed by atoms with Crippen molar-refractivity contribution in [1.82, 2.24) is 5.32 Å². The van der Waals surface area contributed by atoms with Crippen LogP contribution in [0.4, 0.5) is 14.5 Å². The zero-order valence-corrected chi connectivity index (χ0v) is 11.6. The Bertz CT molecular complexity index is 520. The van der Waals surface area contributed by atoms with Crippen LogP contribution in [0.5, 0.6) is 5.75 Å². The third-order valence-corrected chi connectivity index (χ3v) is 2.56. The van der Waals surface area contributed by atoms with Crippen molar-refractivity contribution in [2.75, 3.05) is 11.9 Å². The minimum Gasteiger partial charge on any atom is -0.480 e. The number of carboxylic acid groups (broad SMARTS) is 1. The molecular weight excluding hydrogens is 298 g/mol. The van der Waals surface area contributed by atoms with E-state index in [-0.39, 0.29) is 18.7 Å². The molecule has 8 heteroatoms. The number of aliphatic carboxylic acids is 1. The first-order chi connectivity index (χ1) is 10.4. The maximum atomic E-state index is 12.0. The molecule has 3 N–H and O–H groups in total. The Morgan fingerprint density at radius 1 is 1.32 bits per heavy atom. The smallest absolute Gasteiger partial charge is 0.387 e. The summed E-state index contributed by atoms with van der Waals surface area (Å²) >= 11 is 0. The summed E-state index contributed by atoms with van der Waals surface area (Å²) in [6.45, 7) is 0.777. The van der Waals surface area contributed by atoms with Crippen LogP contribution >= 0.6 is 0 Å². The third-order valence-electron chi connectivity index (χ3n) is 2.56. The molecule has 1 unspecified atom stereocenters. The molecule has 6 nitrogen and oxygen atoms in total. The number of hydrogen-bond acceptors (Lipinski definition) is 4. The molecule has 0 aromatic heterocycles. The van der Waals surface area contributed by atoms with Gasteiger partial charge >= 0.3 is 12.6 Å². The Labute approximate surface area is 125 Å². The lowest BCUT2D eigenvalue weighted by Gasteiger charge is -2.13. The first-order valence-corrected chi connectivity index (χ1v) is 6.34. The average Bonchev–Trinajstić information content (AvgIpc) is 2.44. The lowest BCUT2D eigenvalue weighted by molar-refractivity contribution is -0.141. The number of halogens is 2. The molecule has 0 aliphatic carbocycles. The van der Waals surface area contributed by atoms with Gasteiger partial charge in [0.1, 0.15) is 11.8 Å². The molecule has 120 valence electrons. The molecule has 0 aliphatic heterocycles. The van der Waals surface area contributed by atoms with Crippen molar-refractivity contribution >= 4 is 17.6 Å². The molecule has 22 heavy (non-hydrogen) atoms. The largest absolute Gasteiger partial charge is 0.480 e. The number of hydrogen-bond donors (Lipinski definition) is 3. The normalized spacial score (nSPS) is 11.8. The molecule has 1 amide bonds. The highest BCUT2D eigenvalue weighted by Crippen LogP contribution is 2.17. The summed E-state index contributed by atoms with van der Waals surface area (Å²) in [5, 5.41) is 14.1. The molecule has 0 heterocycles. The highest BCUT2D eigenvalue weighted by atomic mass is 19.3. The molecule has 0 aliphatic rings. The number of rotatable bonds is 9. The molecule has 0 fully saturated rings. The van der Waals surface area contributed by atoms with Gasteiger partial charge in [0.15, 0.2) is 0 Å². The SMILES string of the molecule is C=CCNC(CC(=O)Nc1ccc(OC(F)F)cc1)C(=O)O. The van der Waals surface area contributed by atoms with E-state index >= 15 is 0 Å². The van der Waals surface area contributed by atoms with E-state index in [1.54, 1.807) is 0 Å².